The zero-order valence-corrected chi connectivity index (χ0v) is 12.5. The number of hydrogen-bond acceptors (Lipinski definition) is 5. The molecule has 2 rings (SSSR count). The van der Waals surface area contributed by atoms with Crippen molar-refractivity contribution in [1.29, 1.82) is 0 Å². The molecule has 0 unspecified atom stereocenters. The first-order valence-corrected chi connectivity index (χ1v) is 8.19. The summed E-state index contributed by atoms with van der Waals surface area (Å²) in [5.41, 5.74) is 0.115. The lowest BCUT2D eigenvalue weighted by Crippen LogP contribution is -2.30. The number of ketones is 1. The first-order chi connectivity index (χ1) is 9.94. The smallest absolute Gasteiger partial charge is 0.338 e. The maximum absolute atomic E-state index is 12.0. The van der Waals surface area contributed by atoms with Crippen LogP contribution in [0.25, 0.3) is 0 Å². The fourth-order valence-corrected chi connectivity index (χ4v) is 2.96. The predicted octanol–water partition coefficient (Wildman–Crippen LogP) is 1.26. The van der Waals surface area contributed by atoms with Crippen molar-refractivity contribution in [3.05, 3.63) is 29.8 Å². The molecule has 21 heavy (non-hydrogen) atoms. The molecular weight excluding hydrogens is 294 g/mol. The number of ether oxygens (including phenoxy) is 1. The number of hydrogen-bond donors (Lipinski definition) is 1. The van der Waals surface area contributed by atoms with Gasteiger partial charge in [0.15, 0.2) is 11.9 Å². The second kappa shape index (κ2) is 6.36. The van der Waals surface area contributed by atoms with Gasteiger partial charge in [0.2, 0.25) is 10.0 Å². The van der Waals surface area contributed by atoms with E-state index in [0.717, 1.165) is 12.8 Å². The molecule has 1 saturated carbocycles. The van der Waals surface area contributed by atoms with Gasteiger partial charge in [0.1, 0.15) is 0 Å². The third-order valence-corrected chi connectivity index (χ3v) is 4.81. The van der Waals surface area contributed by atoms with Crippen LogP contribution in [0.5, 0.6) is 0 Å². The lowest BCUT2D eigenvalue weighted by atomic mass is 9.96. The highest BCUT2D eigenvalue weighted by atomic mass is 32.2. The summed E-state index contributed by atoms with van der Waals surface area (Å²) in [7, 11) is -2.33. The van der Waals surface area contributed by atoms with Crippen LogP contribution < -0.4 is 4.72 Å². The normalized spacial score (nSPS) is 19.3. The molecule has 1 aliphatic rings. The number of Topliss-reactive ketones (excluding diaryl/α,β-unsaturated/α-hetero) is 1. The van der Waals surface area contributed by atoms with E-state index in [4.69, 9.17) is 4.74 Å². The number of rotatable bonds is 4. The number of nitrogens with one attached hydrogen (secondary N) is 1. The van der Waals surface area contributed by atoms with Crippen molar-refractivity contribution in [1.82, 2.24) is 4.72 Å². The molecule has 6 nitrogen and oxygen atoms in total. The Kier molecular flexibility index (Phi) is 4.74. The van der Waals surface area contributed by atoms with E-state index in [1.54, 1.807) is 0 Å². The topological polar surface area (TPSA) is 89.5 Å². The highest BCUT2D eigenvalue weighted by Gasteiger charge is 2.26. The predicted molar refractivity (Wildman–Crippen MR) is 75.4 cm³/mol. The summed E-state index contributed by atoms with van der Waals surface area (Å²) in [6.07, 6.45) is 1.90. The monoisotopic (exact) mass is 311 g/mol. The van der Waals surface area contributed by atoms with Crippen molar-refractivity contribution in [3.63, 3.8) is 0 Å². The van der Waals surface area contributed by atoms with Gasteiger partial charge in [-0.25, -0.2) is 17.9 Å². The zero-order valence-electron chi connectivity index (χ0n) is 11.7. The molecule has 0 bridgehead atoms. The third-order valence-electron chi connectivity index (χ3n) is 3.40. The Balaban J connectivity index is 2.16. The third kappa shape index (κ3) is 3.68. The molecule has 0 aromatic heterocycles. The molecule has 1 aliphatic carbocycles. The molecular formula is C14H17NO5S. The highest BCUT2D eigenvalue weighted by molar-refractivity contribution is 7.89. The Morgan fingerprint density at radius 3 is 2.76 bits per heavy atom. The van der Waals surface area contributed by atoms with Crippen molar-refractivity contribution in [2.45, 2.75) is 36.7 Å². The quantitative estimate of drug-likeness (QED) is 0.846. The van der Waals surface area contributed by atoms with E-state index in [1.165, 1.54) is 31.3 Å². The summed E-state index contributed by atoms with van der Waals surface area (Å²) in [6, 6.07) is 5.55. The lowest BCUT2D eigenvalue weighted by molar-refractivity contribution is -0.129. The van der Waals surface area contributed by atoms with Gasteiger partial charge in [-0.05, 0) is 44.5 Å². The molecule has 7 heteroatoms. The summed E-state index contributed by atoms with van der Waals surface area (Å²) in [5, 5.41) is 0. The van der Waals surface area contributed by atoms with Gasteiger partial charge in [0, 0.05) is 6.42 Å². The number of benzene rings is 1. The van der Waals surface area contributed by atoms with Crippen molar-refractivity contribution < 1.29 is 22.7 Å². The van der Waals surface area contributed by atoms with Gasteiger partial charge in [-0.3, -0.25) is 4.79 Å². The van der Waals surface area contributed by atoms with Crippen LogP contribution in [0.2, 0.25) is 0 Å². The second-order valence-corrected chi connectivity index (χ2v) is 6.73. The number of carbonyl (C=O) groups is 2. The Morgan fingerprint density at radius 2 is 2.10 bits per heavy atom. The summed E-state index contributed by atoms with van der Waals surface area (Å²) in [5.74, 6) is -0.753. The Morgan fingerprint density at radius 1 is 1.33 bits per heavy atom. The molecule has 0 heterocycles. The molecule has 1 N–H and O–H groups in total. The highest BCUT2D eigenvalue weighted by Crippen LogP contribution is 2.19. The van der Waals surface area contributed by atoms with E-state index in [0.29, 0.717) is 12.8 Å². The van der Waals surface area contributed by atoms with E-state index in [2.05, 4.69) is 4.72 Å². The molecule has 0 amide bonds. The molecule has 0 radical (unpaired) electrons. The van der Waals surface area contributed by atoms with Crippen LogP contribution in [0, 0.1) is 0 Å². The van der Waals surface area contributed by atoms with Crippen molar-refractivity contribution in [2.75, 3.05) is 7.05 Å². The SMILES string of the molecule is CNS(=O)(=O)c1cccc(C(=O)O[C@@H]2CCCCC2=O)c1. The summed E-state index contributed by atoms with van der Waals surface area (Å²) in [4.78, 5) is 23.7. The maximum atomic E-state index is 12.0. The van der Waals surface area contributed by atoms with Gasteiger partial charge in [-0.1, -0.05) is 6.07 Å². The van der Waals surface area contributed by atoms with Crippen LogP contribution in [0.15, 0.2) is 29.2 Å². The molecule has 1 atom stereocenters. The van der Waals surface area contributed by atoms with E-state index >= 15 is 0 Å². The van der Waals surface area contributed by atoms with Crippen molar-refractivity contribution in [3.8, 4) is 0 Å². The van der Waals surface area contributed by atoms with Crippen LogP contribution in [0.1, 0.15) is 36.0 Å². The Bertz CT molecular complexity index is 653. The standard InChI is InChI=1S/C14H17NO5S/c1-15-21(18,19)11-6-4-5-10(9-11)14(17)20-13-8-3-2-7-12(13)16/h4-6,9,13,15H,2-3,7-8H2,1H3/t13-/m1/s1. The molecule has 1 fully saturated rings. The Labute approximate surface area is 123 Å². The van der Waals surface area contributed by atoms with E-state index in [1.807, 2.05) is 0 Å². The maximum Gasteiger partial charge on any atom is 0.338 e. The van der Waals surface area contributed by atoms with Crippen molar-refractivity contribution in [2.24, 2.45) is 0 Å². The van der Waals surface area contributed by atoms with Crippen LogP contribution in [-0.4, -0.2) is 33.3 Å². The van der Waals surface area contributed by atoms with Crippen LogP contribution in [-0.2, 0) is 19.6 Å². The van der Waals surface area contributed by atoms with E-state index in [-0.39, 0.29) is 16.2 Å². The van der Waals surface area contributed by atoms with Gasteiger partial charge in [-0.15, -0.1) is 0 Å². The average Bonchev–Trinajstić information content (AvgIpc) is 2.49. The molecule has 1 aromatic carbocycles. The van der Waals surface area contributed by atoms with E-state index in [9.17, 15) is 18.0 Å². The van der Waals surface area contributed by atoms with Gasteiger partial charge < -0.3 is 4.74 Å². The molecule has 0 saturated heterocycles. The van der Waals surface area contributed by atoms with Gasteiger partial charge >= 0.3 is 5.97 Å². The lowest BCUT2D eigenvalue weighted by Gasteiger charge is -2.20. The first-order valence-electron chi connectivity index (χ1n) is 6.71. The number of esters is 1. The van der Waals surface area contributed by atoms with Gasteiger partial charge in [-0.2, -0.15) is 0 Å². The first kappa shape index (κ1) is 15.7. The van der Waals surface area contributed by atoms with Crippen LogP contribution in [0.3, 0.4) is 0 Å². The fraction of sp³-hybridized carbons (Fsp3) is 0.429. The molecule has 0 aliphatic heterocycles. The minimum absolute atomic E-state index is 0.0191. The Hall–Kier alpha value is -1.73. The molecule has 0 spiro atoms. The van der Waals surface area contributed by atoms with Crippen molar-refractivity contribution >= 4 is 21.8 Å². The summed E-state index contributed by atoms with van der Waals surface area (Å²) >= 11 is 0. The second-order valence-electron chi connectivity index (χ2n) is 4.84. The van der Waals surface area contributed by atoms with Crippen LogP contribution >= 0.6 is 0 Å². The minimum Gasteiger partial charge on any atom is -0.451 e. The summed E-state index contributed by atoms with van der Waals surface area (Å²) in [6.45, 7) is 0. The van der Waals surface area contributed by atoms with Crippen LogP contribution in [0.4, 0.5) is 0 Å². The summed E-state index contributed by atoms with van der Waals surface area (Å²) < 4.78 is 30.8. The minimum atomic E-state index is -3.62. The molecule has 1 aromatic rings. The van der Waals surface area contributed by atoms with Gasteiger partial charge in [0.25, 0.3) is 0 Å². The number of carbonyl (C=O) groups excluding carboxylic acids is 2. The molecule has 114 valence electrons. The largest absolute Gasteiger partial charge is 0.451 e. The van der Waals surface area contributed by atoms with E-state index < -0.39 is 22.1 Å². The number of sulfonamides is 1. The zero-order chi connectivity index (χ0) is 15.5. The van der Waals surface area contributed by atoms with Gasteiger partial charge in [0.05, 0.1) is 10.5 Å². The average molecular weight is 311 g/mol. The fourth-order valence-electron chi connectivity index (χ4n) is 2.18.